The molecule has 3 aromatic heterocycles. The summed E-state index contributed by atoms with van der Waals surface area (Å²) in [6.07, 6.45) is 4.80. The summed E-state index contributed by atoms with van der Waals surface area (Å²) in [7, 11) is 0. The van der Waals surface area contributed by atoms with Crippen LogP contribution in [0.2, 0.25) is 0 Å². The van der Waals surface area contributed by atoms with Gasteiger partial charge in [-0.05, 0) is 19.1 Å². The van der Waals surface area contributed by atoms with E-state index in [2.05, 4.69) is 25.3 Å². The minimum Gasteiger partial charge on any atom is -0.351 e. The third kappa shape index (κ3) is 3.37. The first-order valence-corrected chi connectivity index (χ1v) is 9.29. The third-order valence-electron chi connectivity index (χ3n) is 4.26. The number of hydrogen-bond acceptors (Lipinski definition) is 6. The molecule has 4 aromatic rings. The minimum atomic E-state index is -1.09. The standard InChI is InChI=1S/C18H16N6O3S/c1-10-7-20-17(28-10)23-15(25)14(6-11-8-19-9-21-11)24-16(26)12-4-2-3-5-13(12)22-18(24)27/h2-5,7-9,14H,6H2,1H3,(H,19,21)(H,22,27)(H,20,23,25). The second kappa shape index (κ2) is 7.24. The number of carbonyl (C=O) groups is 1. The van der Waals surface area contributed by atoms with Crippen molar-refractivity contribution < 1.29 is 4.79 Å². The molecule has 28 heavy (non-hydrogen) atoms. The number of amides is 1. The van der Waals surface area contributed by atoms with Crippen LogP contribution in [-0.2, 0) is 11.2 Å². The molecule has 0 bridgehead atoms. The summed E-state index contributed by atoms with van der Waals surface area (Å²) in [6, 6.07) is 5.59. The predicted octanol–water partition coefficient (Wildman–Crippen LogP) is 1.60. The molecule has 9 nitrogen and oxygen atoms in total. The molecular formula is C18H16N6O3S. The van der Waals surface area contributed by atoms with Crippen molar-refractivity contribution in [2.75, 3.05) is 5.32 Å². The number of aromatic amines is 2. The topological polar surface area (TPSA) is 126 Å². The Morgan fingerprint density at radius 2 is 2.11 bits per heavy atom. The van der Waals surface area contributed by atoms with Gasteiger partial charge in [-0.2, -0.15) is 0 Å². The Labute approximate surface area is 162 Å². The van der Waals surface area contributed by atoms with E-state index >= 15 is 0 Å². The summed E-state index contributed by atoms with van der Waals surface area (Å²) < 4.78 is 0.937. The lowest BCUT2D eigenvalue weighted by Crippen LogP contribution is -2.43. The van der Waals surface area contributed by atoms with Crippen LogP contribution >= 0.6 is 11.3 Å². The highest BCUT2D eigenvalue weighted by atomic mass is 32.1. The number of aryl methyl sites for hydroxylation is 1. The number of carbonyl (C=O) groups excluding carboxylic acids is 1. The van der Waals surface area contributed by atoms with Crippen LogP contribution in [0.15, 0.2) is 52.6 Å². The Hall–Kier alpha value is -3.53. The van der Waals surface area contributed by atoms with Gasteiger partial charge in [0, 0.05) is 23.7 Å². The first-order chi connectivity index (χ1) is 13.5. The van der Waals surface area contributed by atoms with Gasteiger partial charge in [0.2, 0.25) is 5.91 Å². The molecule has 4 rings (SSSR count). The molecule has 0 spiro atoms. The highest BCUT2D eigenvalue weighted by Gasteiger charge is 2.26. The molecule has 0 aliphatic rings. The Morgan fingerprint density at radius 1 is 1.29 bits per heavy atom. The van der Waals surface area contributed by atoms with Gasteiger partial charge < -0.3 is 15.3 Å². The number of H-pyrrole nitrogens is 2. The Balaban J connectivity index is 1.81. The van der Waals surface area contributed by atoms with Crippen LogP contribution in [0.5, 0.6) is 0 Å². The molecular weight excluding hydrogens is 380 g/mol. The average Bonchev–Trinajstić information content (AvgIpc) is 3.32. The molecule has 0 aliphatic heterocycles. The number of nitrogens with one attached hydrogen (secondary N) is 3. The molecule has 3 heterocycles. The number of hydrogen-bond donors (Lipinski definition) is 3. The quantitative estimate of drug-likeness (QED) is 0.472. The van der Waals surface area contributed by atoms with Crippen molar-refractivity contribution in [1.29, 1.82) is 0 Å². The number of nitrogens with zero attached hydrogens (tertiary/aromatic N) is 3. The normalized spacial score (nSPS) is 12.2. The van der Waals surface area contributed by atoms with Crippen LogP contribution in [0.25, 0.3) is 10.9 Å². The van der Waals surface area contributed by atoms with Gasteiger partial charge in [0.25, 0.3) is 5.56 Å². The average molecular weight is 396 g/mol. The van der Waals surface area contributed by atoms with Crippen molar-refractivity contribution in [3.8, 4) is 0 Å². The highest BCUT2D eigenvalue weighted by Crippen LogP contribution is 2.19. The lowest BCUT2D eigenvalue weighted by atomic mass is 10.1. The first kappa shape index (κ1) is 17.9. The fourth-order valence-corrected chi connectivity index (χ4v) is 3.63. The third-order valence-corrected chi connectivity index (χ3v) is 5.09. The summed E-state index contributed by atoms with van der Waals surface area (Å²) in [5.74, 6) is -0.514. The highest BCUT2D eigenvalue weighted by molar-refractivity contribution is 7.15. The summed E-state index contributed by atoms with van der Waals surface area (Å²) in [5.41, 5.74) is -0.224. The molecule has 1 amide bonds. The zero-order chi connectivity index (χ0) is 19.7. The lowest BCUT2D eigenvalue weighted by molar-refractivity contribution is -0.119. The molecule has 1 aromatic carbocycles. The second-order valence-electron chi connectivity index (χ2n) is 6.20. The Kier molecular flexibility index (Phi) is 4.62. The number of thiazole rings is 1. The molecule has 142 valence electrons. The van der Waals surface area contributed by atoms with E-state index in [9.17, 15) is 14.4 Å². The van der Waals surface area contributed by atoms with Crippen molar-refractivity contribution in [2.24, 2.45) is 0 Å². The maximum absolute atomic E-state index is 13.0. The SMILES string of the molecule is Cc1cnc(NC(=O)C(Cc2c[nH]cn2)n2c(=O)[nH]c3ccccc3c2=O)s1. The molecule has 0 aliphatic carbocycles. The summed E-state index contributed by atoms with van der Waals surface area (Å²) >= 11 is 1.31. The number of fused-ring (bicyclic) bond motifs is 1. The molecule has 10 heteroatoms. The van der Waals surface area contributed by atoms with Crippen molar-refractivity contribution in [3.63, 3.8) is 0 Å². The maximum Gasteiger partial charge on any atom is 0.329 e. The lowest BCUT2D eigenvalue weighted by Gasteiger charge is -2.17. The second-order valence-corrected chi connectivity index (χ2v) is 7.43. The first-order valence-electron chi connectivity index (χ1n) is 8.47. The predicted molar refractivity (Wildman–Crippen MR) is 106 cm³/mol. The van der Waals surface area contributed by atoms with Crippen LogP contribution in [0.4, 0.5) is 5.13 Å². The number of para-hydroxylation sites is 1. The summed E-state index contributed by atoms with van der Waals surface area (Å²) in [4.78, 5) is 53.3. The van der Waals surface area contributed by atoms with Gasteiger partial charge in [-0.1, -0.05) is 12.1 Å². The van der Waals surface area contributed by atoms with Crippen LogP contribution < -0.4 is 16.6 Å². The van der Waals surface area contributed by atoms with E-state index in [-0.39, 0.29) is 6.42 Å². The summed E-state index contributed by atoms with van der Waals surface area (Å²) in [6.45, 7) is 1.87. The van der Waals surface area contributed by atoms with Gasteiger partial charge in [0.15, 0.2) is 5.13 Å². The number of imidazole rings is 1. The van der Waals surface area contributed by atoms with Crippen LogP contribution in [-0.4, -0.2) is 30.4 Å². The largest absolute Gasteiger partial charge is 0.351 e. The molecule has 0 fully saturated rings. The van der Waals surface area contributed by atoms with Gasteiger partial charge in [-0.25, -0.2) is 19.3 Å². The zero-order valence-corrected chi connectivity index (χ0v) is 15.6. The smallest absolute Gasteiger partial charge is 0.329 e. The van der Waals surface area contributed by atoms with E-state index in [4.69, 9.17) is 0 Å². The Bertz CT molecular complexity index is 1250. The van der Waals surface area contributed by atoms with E-state index in [0.717, 1.165) is 9.44 Å². The molecule has 0 saturated heterocycles. The van der Waals surface area contributed by atoms with Gasteiger partial charge in [0.1, 0.15) is 6.04 Å². The zero-order valence-electron chi connectivity index (χ0n) is 14.8. The number of benzene rings is 1. The van der Waals surface area contributed by atoms with Gasteiger partial charge in [0.05, 0.1) is 22.9 Å². The fraction of sp³-hybridized carbons (Fsp3) is 0.167. The maximum atomic E-state index is 13.0. The number of aromatic nitrogens is 5. The van der Waals surface area contributed by atoms with Gasteiger partial charge in [-0.15, -0.1) is 11.3 Å². The Morgan fingerprint density at radius 3 is 2.82 bits per heavy atom. The van der Waals surface area contributed by atoms with E-state index in [1.54, 1.807) is 36.7 Å². The van der Waals surface area contributed by atoms with E-state index in [1.165, 1.54) is 17.7 Å². The molecule has 3 N–H and O–H groups in total. The molecule has 1 atom stereocenters. The van der Waals surface area contributed by atoms with Crippen molar-refractivity contribution in [1.82, 2.24) is 24.5 Å². The molecule has 0 radical (unpaired) electrons. The van der Waals surface area contributed by atoms with E-state index in [1.807, 2.05) is 6.92 Å². The number of anilines is 1. The van der Waals surface area contributed by atoms with Crippen LogP contribution in [0, 0.1) is 6.92 Å². The van der Waals surface area contributed by atoms with Crippen LogP contribution in [0.3, 0.4) is 0 Å². The van der Waals surface area contributed by atoms with Gasteiger partial charge >= 0.3 is 5.69 Å². The van der Waals surface area contributed by atoms with Crippen molar-refractivity contribution in [3.05, 3.63) is 74.4 Å². The van der Waals surface area contributed by atoms with Crippen molar-refractivity contribution >= 4 is 33.3 Å². The minimum absolute atomic E-state index is 0.0705. The van der Waals surface area contributed by atoms with Crippen molar-refractivity contribution in [2.45, 2.75) is 19.4 Å². The molecule has 1 unspecified atom stereocenters. The van der Waals surface area contributed by atoms with E-state index in [0.29, 0.717) is 21.7 Å². The van der Waals surface area contributed by atoms with Gasteiger partial charge in [-0.3, -0.25) is 9.59 Å². The van der Waals surface area contributed by atoms with Crippen LogP contribution in [0.1, 0.15) is 16.6 Å². The number of rotatable bonds is 5. The monoisotopic (exact) mass is 396 g/mol. The van der Waals surface area contributed by atoms with E-state index < -0.39 is 23.2 Å². The fourth-order valence-electron chi connectivity index (χ4n) is 2.96. The molecule has 0 saturated carbocycles. The summed E-state index contributed by atoms with van der Waals surface area (Å²) in [5, 5.41) is 3.42.